The van der Waals surface area contributed by atoms with Gasteiger partial charge in [0, 0.05) is 17.4 Å². The summed E-state index contributed by atoms with van der Waals surface area (Å²) in [5.41, 5.74) is 0.182. The molecule has 8 N–H and O–H groups in total. The van der Waals surface area contributed by atoms with E-state index in [-0.39, 0.29) is 65.3 Å². The van der Waals surface area contributed by atoms with Gasteiger partial charge in [0.1, 0.15) is 36.6 Å². The van der Waals surface area contributed by atoms with Gasteiger partial charge in [-0.1, -0.05) is 53.2 Å². The zero-order valence-corrected chi connectivity index (χ0v) is 32.0. The fraction of sp³-hybridized carbons (Fsp3) is 0.950. The predicted octanol–water partition coefficient (Wildman–Crippen LogP) is 2.01. The van der Waals surface area contributed by atoms with Crippen LogP contribution in [0.15, 0.2) is 11.6 Å². The summed E-state index contributed by atoms with van der Waals surface area (Å²) >= 11 is 0. The lowest BCUT2D eigenvalue weighted by Gasteiger charge is -2.72. The summed E-state index contributed by atoms with van der Waals surface area (Å²) in [6, 6.07) is 0. The lowest BCUT2D eigenvalue weighted by molar-refractivity contribution is -0.348. The van der Waals surface area contributed by atoms with Crippen LogP contribution in [-0.4, -0.2) is 129 Å². The molecule has 7 rings (SSSR count). The first kappa shape index (κ1) is 39.5. The standard InChI is InChI=1S/C40H66O12/c1-35(19-41)15-22-21-7-8-26-37(3)11-10-28(51-34-31(48)32(24(44)18-50-34)52-33-30(47)29(46)23(43)17-49-33)38(4,20-42)25(37)9-12-40(26,6)39(21,5)14-13-36(22,2)27(45)16-35/h7,22-34,41-48H,8-20H2,1-6H3/t22-,23+,24+,25+,26+,27-,28-,29+,30-,31-,32+,33-,34-,35-,36+,37-,38+,39+,40+/m0/s1. The van der Waals surface area contributed by atoms with Gasteiger partial charge in [-0.3, -0.25) is 0 Å². The van der Waals surface area contributed by atoms with Crippen LogP contribution in [0.3, 0.4) is 0 Å². The second-order valence-corrected chi connectivity index (χ2v) is 19.7. The van der Waals surface area contributed by atoms with E-state index < -0.39 is 66.8 Å². The topological polar surface area (TPSA) is 199 Å². The highest BCUT2D eigenvalue weighted by atomic mass is 16.7. The van der Waals surface area contributed by atoms with Crippen LogP contribution in [-0.2, 0) is 18.9 Å². The Morgan fingerprint density at radius 2 is 1.37 bits per heavy atom. The van der Waals surface area contributed by atoms with Crippen molar-refractivity contribution >= 4 is 0 Å². The molecule has 12 heteroatoms. The zero-order chi connectivity index (χ0) is 37.8. The minimum Gasteiger partial charge on any atom is -0.396 e. The molecule has 7 aliphatic rings. The lowest BCUT2D eigenvalue weighted by atomic mass is 9.33. The van der Waals surface area contributed by atoms with Gasteiger partial charge in [-0.2, -0.15) is 0 Å². The number of fused-ring (bicyclic) bond motifs is 7. The number of allylic oxidation sites excluding steroid dienone is 2. The molecule has 0 bridgehead atoms. The summed E-state index contributed by atoms with van der Waals surface area (Å²) in [6.45, 7) is 13.4. The highest BCUT2D eigenvalue weighted by molar-refractivity contribution is 5.34. The highest BCUT2D eigenvalue weighted by Crippen LogP contribution is 2.75. The van der Waals surface area contributed by atoms with Gasteiger partial charge in [-0.25, -0.2) is 0 Å². The molecular weight excluding hydrogens is 672 g/mol. The Morgan fingerprint density at radius 3 is 2.04 bits per heavy atom. The average molecular weight is 739 g/mol. The third-order valence-electron chi connectivity index (χ3n) is 16.9. The monoisotopic (exact) mass is 738 g/mol. The Kier molecular flexibility index (Phi) is 10.2. The van der Waals surface area contributed by atoms with E-state index in [2.05, 4.69) is 47.6 Å². The smallest absolute Gasteiger partial charge is 0.186 e. The van der Waals surface area contributed by atoms with E-state index >= 15 is 0 Å². The zero-order valence-electron chi connectivity index (χ0n) is 32.0. The van der Waals surface area contributed by atoms with Crippen molar-refractivity contribution in [3.05, 3.63) is 11.6 Å². The molecule has 0 spiro atoms. The van der Waals surface area contributed by atoms with E-state index in [0.717, 1.165) is 44.9 Å². The minimum absolute atomic E-state index is 0.00445. The molecule has 5 aliphatic carbocycles. The molecule has 0 aromatic carbocycles. The SMILES string of the molecule is C[C@@]1(CO)C[C@H](O)[C@]2(C)CC[C@]3(C)C(=CC[C@@H]4[C@@]5(C)CC[C@H](O[C@@H]6OC[C@@H](O)[C@@H](O[C@@H]7OC[C@@H](O)[C@@H](O)[C@@H]7O)[C@@H]6O)[C@](C)(CO)[C@@H]5CC[C@]43C)[C@@H]2C1. The molecule has 0 radical (unpaired) electrons. The molecule has 6 fully saturated rings. The fourth-order valence-corrected chi connectivity index (χ4v) is 13.2. The Bertz CT molecular complexity index is 1360. The van der Waals surface area contributed by atoms with Crippen molar-refractivity contribution in [2.24, 2.45) is 50.2 Å². The van der Waals surface area contributed by atoms with Gasteiger partial charge in [0.15, 0.2) is 12.6 Å². The van der Waals surface area contributed by atoms with Gasteiger partial charge in [0.05, 0.1) is 32.0 Å². The molecule has 4 saturated carbocycles. The molecule has 12 nitrogen and oxygen atoms in total. The van der Waals surface area contributed by atoms with E-state index in [1.54, 1.807) is 0 Å². The van der Waals surface area contributed by atoms with Crippen LogP contribution in [0.1, 0.15) is 99.3 Å². The molecule has 0 aromatic rings. The van der Waals surface area contributed by atoms with Gasteiger partial charge in [-0.15, -0.1) is 0 Å². The first-order valence-electron chi connectivity index (χ1n) is 19.9. The largest absolute Gasteiger partial charge is 0.396 e. The van der Waals surface area contributed by atoms with Gasteiger partial charge in [0.25, 0.3) is 0 Å². The quantitative estimate of drug-likeness (QED) is 0.146. The molecule has 0 unspecified atom stereocenters. The van der Waals surface area contributed by atoms with Crippen molar-refractivity contribution in [2.45, 2.75) is 161 Å². The second-order valence-electron chi connectivity index (χ2n) is 19.7. The maximum absolute atomic E-state index is 11.5. The van der Waals surface area contributed by atoms with Crippen LogP contribution < -0.4 is 0 Å². The normalized spacial score (nSPS) is 57.9. The van der Waals surface area contributed by atoms with Crippen molar-refractivity contribution < 1.29 is 59.8 Å². The van der Waals surface area contributed by atoms with Crippen LogP contribution in [0, 0.1) is 50.2 Å². The van der Waals surface area contributed by atoms with E-state index in [1.165, 1.54) is 5.57 Å². The van der Waals surface area contributed by atoms with Crippen molar-refractivity contribution in [1.82, 2.24) is 0 Å². The fourth-order valence-electron chi connectivity index (χ4n) is 13.2. The van der Waals surface area contributed by atoms with E-state index in [0.29, 0.717) is 18.8 Å². The summed E-state index contributed by atoms with van der Waals surface area (Å²) in [5.74, 6) is 0.710. The predicted molar refractivity (Wildman–Crippen MR) is 188 cm³/mol. The number of ether oxygens (including phenoxy) is 4. The van der Waals surface area contributed by atoms with Gasteiger partial charge in [-0.05, 0) is 97.2 Å². The van der Waals surface area contributed by atoms with Crippen LogP contribution in [0.5, 0.6) is 0 Å². The lowest BCUT2D eigenvalue weighted by Crippen LogP contribution is -2.67. The molecule has 52 heavy (non-hydrogen) atoms. The number of hydrogen-bond donors (Lipinski definition) is 8. The maximum Gasteiger partial charge on any atom is 0.186 e. The van der Waals surface area contributed by atoms with Crippen LogP contribution >= 0.6 is 0 Å². The summed E-state index contributed by atoms with van der Waals surface area (Å²) in [7, 11) is 0. The van der Waals surface area contributed by atoms with Crippen LogP contribution in [0.4, 0.5) is 0 Å². The first-order valence-corrected chi connectivity index (χ1v) is 19.9. The summed E-state index contributed by atoms with van der Waals surface area (Å²) in [4.78, 5) is 0. The molecule has 2 saturated heterocycles. The Hall–Kier alpha value is -0.740. The van der Waals surface area contributed by atoms with E-state index in [1.807, 2.05) is 0 Å². The highest BCUT2D eigenvalue weighted by Gasteiger charge is 2.69. The van der Waals surface area contributed by atoms with Gasteiger partial charge >= 0.3 is 0 Å². The molecule has 19 atom stereocenters. The van der Waals surface area contributed by atoms with Crippen LogP contribution in [0.2, 0.25) is 0 Å². The summed E-state index contributed by atoms with van der Waals surface area (Å²) in [5, 5.41) is 85.6. The number of hydrogen-bond acceptors (Lipinski definition) is 12. The van der Waals surface area contributed by atoms with Crippen molar-refractivity contribution in [2.75, 3.05) is 26.4 Å². The van der Waals surface area contributed by atoms with E-state index in [9.17, 15) is 40.9 Å². The average Bonchev–Trinajstić information content (AvgIpc) is 3.10. The molecular formula is C40H66O12. The third kappa shape index (κ3) is 5.67. The number of aliphatic hydroxyl groups is 8. The Balaban J connectivity index is 1.11. The van der Waals surface area contributed by atoms with Crippen molar-refractivity contribution in [3.63, 3.8) is 0 Å². The van der Waals surface area contributed by atoms with E-state index in [4.69, 9.17) is 18.9 Å². The summed E-state index contributed by atoms with van der Waals surface area (Å²) < 4.78 is 23.6. The van der Waals surface area contributed by atoms with Crippen LogP contribution in [0.25, 0.3) is 0 Å². The van der Waals surface area contributed by atoms with Gasteiger partial charge in [0.2, 0.25) is 0 Å². The number of rotatable bonds is 6. The Labute approximate surface area is 308 Å². The Morgan fingerprint density at radius 1 is 0.692 bits per heavy atom. The maximum atomic E-state index is 11.5. The molecule has 2 heterocycles. The van der Waals surface area contributed by atoms with Crippen molar-refractivity contribution in [3.8, 4) is 0 Å². The van der Waals surface area contributed by atoms with Gasteiger partial charge < -0.3 is 59.8 Å². The number of aliphatic hydroxyl groups excluding tert-OH is 8. The van der Waals surface area contributed by atoms with Crippen molar-refractivity contribution in [1.29, 1.82) is 0 Å². The summed E-state index contributed by atoms with van der Waals surface area (Å²) in [6.07, 6.45) is -1.46. The molecule has 2 aliphatic heterocycles. The molecule has 0 aromatic heterocycles. The third-order valence-corrected chi connectivity index (χ3v) is 16.9. The molecule has 298 valence electrons. The minimum atomic E-state index is -1.59. The first-order chi connectivity index (χ1) is 24.3. The second kappa shape index (κ2) is 13.4. The molecule has 0 amide bonds.